The second-order valence-corrected chi connectivity index (χ2v) is 8.36. The van der Waals surface area contributed by atoms with Gasteiger partial charge in [-0.1, -0.05) is 24.3 Å². The Kier molecular flexibility index (Phi) is 5.74. The molecule has 0 aliphatic carbocycles. The molecule has 0 unspecified atom stereocenters. The fourth-order valence-electron chi connectivity index (χ4n) is 3.87. The molecule has 1 aliphatic heterocycles. The van der Waals surface area contributed by atoms with Crippen molar-refractivity contribution in [3.8, 4) is 11.5 Å². The molecular formula is C23H26N2O3S. The van der Waals surface area contributed by atoms with E-state index in [1.807, 2.05) is 29.2 Å². The first-order chi connectivity index (χ1) is 14.1. The van der Waals surface area contributed by atoms with Gasteiger partial charge in [0.2, 0.25) is 0 Å². The number of rotatable bonds is 5. The average Bonchev–Trinajstić information content (AvgIpc) is 3.10. The lowest BCUT2D eigenvalue weighted by atomic mass is 10.1. The summed E-state index contributed by atoms with van der Waals surface area (Å²) in [6.07, 6.45) is 0. The van der Waals surface area contributed by atoms with E-state index in [9.17, 15) is 4.79 Å². The number of benzene rings is 2. The molecule has 1 aromatic heterocycles. The van der Waals surface area contributed by atoms with Crippen molar-refractivity contribution in [3.63, 3.8) is 0 Å². The van der Waals surface area contributed by atoms with Gasteiger partial charge in [-0.2, -0.15) is 0 Å². The van der Waals surface area contributed by atoms with E-state index in [-0.39, 0.29) is 5.91 Å². The molecule has 1 aliphatic rings. The van der Waals surface area contributed by atoms with Crippen molar-refractivity contribution in [2.75, 3.05) is 40.4 Å². The zero-order valence-corrected chi connectivity index (χ0v) is 17.9. The molecule has 0 atom stereocenters. The van der Waals surface area contributed by atoms with Crippen LogP contribution in [0.4, 0.5) is 0 Å². The Morgan fingerprint density at radius 3 is 2.41 bits per heavy atom. The number of methoxy groups -OCH3 is 2. The van der Waals surface area contributed by atoms with Crippen molar-refractivity contribution in [1.82, 2.24) is 9.80 Å². The lowest BCUT2D eigenvalue weighted by Gasteiger charge is -2.34. The Hall–Kier alpha value is -2.57. The summed E-state index contributed by atoms with van der Waals surface area (Å²) in [5.74, 6) is 1.65. The number of nitrogens with zero attached hydrogens (tertiary/aromatic N) is 2. The van der Waals surface area contributed by atoms with Gasteiger partial charge in [-0.3, -0.25) is 9.69 Å². The predicted molar refractivity (Wildman–Crippen MR) is 117 cm³/mol. The number of ether oxygens (including phenoxy) is 2. The summed E-state index contributed by atoms with van der Waals surface area (Å²) in [7, 11) is 3.30. The van der Waals surface area contributed by atoms with Crippen LogP contribution in [-0.2, 0) is 6.54 Å². The van der Waals surface area contributed by atoms with Crippen LogP contribution in [0.1, 0.15) is 20.8 Å². The molecule has 0 spiro atoms. The van der Waals surface area contributed by atoms with Crippen molar-refractivity contribution < 1.29 is 14.3 Å². The molecule has 6 heteroatoms. The second-order valence-electron chi connectivity index (χ2n) is 7.31. The molecular weight excluding hydrogens is 384 g/mol. The predicted octanol–water partition coefficient (Wildman–Crippen LogP) is 4.18. The van der Waals surface area contributed by atoms with E-state index >= 15 is 0 Å². The van der Waals surface area contributed by atoms with Gasteiger partial charge in [0.25, 0.3) is 5.91 Å². The van der Waals surface area contributed by atoms with Gasteiger partial charge >= 0.3 is 0 Å². The lowest BCUT2D eigenvalue weighted by Crippen LogP contribution is -2.48. The largest absolute Gasteiger partial charge is 0.493 e. The molecule has 1 amide bonds. The summed E-state index contributed by atoms with van der Waals surface area (Å²) >= 11 is 1.61. The first-order valence-electron chi connectivity index (χ1n) is 9.81. The Morgan fingerprint density at radius 2 is 1.72 bits per heavy atom. The van der Waals surface area contributed by atoms with Gasteiger partial charge < -0.3 is 14.4 Å². The SMILES string of the molecule is COc1ccc(CN2CCN(C(=O)c3sc4ccccc4c3C)CC2)cc1OC. The van der Waals surface area contributed by atoms with Crippen LogP contribution in [0.2, 0.25) is 0 Å². The third-order valence-electron chi connectivity index (χ3n) is 5.55. The maximum atomic E-state index is 13.1. The van der Waals surface area contributed by atoms with Gasteiger partial charge in [0.05, 0.1) is 19.1 Å². The third-order valence-corrected chi connectivity index (χ3v) is 6.81. The zero-order valence-electron chi connectivity index (χ0n) is 17.1. The van der Waals surface area contributed by atoms with Crippen molar-refractivity contribution in [1.29, 1.82) is 0 Å². The maximum absolute atomic E-state index is 13.1. The maximum Gasteiger partial charge on any atom is 0.264 e. The van der Waals surface area contributed by atoms with Crippen LogP contribution in [0.3, 0.4) is 0 Å². The van der Waals surface area contributed by atoms with Crippen molar-refractivity contribution in [2.45, 2.75) is 13.5 Å². The van der Waals surface area contributed by atoms with Crippen LogP contribution in [0.15, 0.2) is 42.5 Å². The molecule has 29 heavy (non-hydrogen) atoms. The minimum absolute atomic E-state index is 0.162. The standard InChI is InChI=1S/C23H26N2O3S/c1-16-18-6-4-5-7-21(18)29-22(16)23(26)25-12-10-24(11-13-25)15-17-8-9-19(27-2)20(14-17)28-3/h4-9,14H,10-13,15H2,1-3H3. The molecule has 1 fully saturated rings. The van der Waals surface area contributed by atoms with E-state index in [0.29, 0.717) is 0 Å². The first-order valence-corrected chi connectivity index (χ1v) is 10.6. The van der Waals surface area contributed by atoms with Crippen LogP contribution in [-0.4, -0.2) is 56.1 Å². The molecule has 4 rings (SSSR count). The minimum Gasteiger partial charge on any atom is -0.493 e. The molecule has 0 N–H and O–H groups in total. The monoisotopic (exact) mass is 410 g/mol. The highest BCUT2D eigenvalue weighted by molar-refractivity contribution is 7.21. The molecule has 2 heterocycles. The normalized spacial score (nSPS) is 14.9. The van der Waals surface area contributed by atoms with E-state index < -0.39 is 0 Å². The number of piperazine rings is 1. The molecule has 5 nitrogen and oxygen atoms in total. The summed E-state index contributed by atoms with van der Waals surface area (Å²) in [4.78, 5) is 18.3. The lowest BCUT2D eigenvalue weighted by molar-refractivity contribution is 0.0632. The summed E-state index contributed by atoms with van der Waals surface area (Å²) in [5, 5.41) is 1.19. The molecule has 0 saturated carbocycles. The summed E-state index contributed by atoms with van der Waals surface area (Å²) < 4.78 is 11.9. The molecule has 152 valence electrons. The quantitative estimate of drug-likeness (QED) is 0.633. The highest BCUT2D eigenvalue weighted by atomic mass is 32.1. The number of fused-ring (bicyclic) bond motifs is 1. The van der Waals surface area contributed by atoms with Gasteiger partial charge in [0, 0.05) is 37.4 Å². The smallest absolute Gasteiger partial charge is 0.264 e. The fraction of sp³-hybridized carbons (Fsp3) is 0.348. The van der Waals surface area contributed by atoms with E-state index in [2.05, 4.69) is 30.0 Å². The fourth-order valence-corrected chi connectivity index (χ4v) is 5.05. The number of thiophene rings is 1. The Balaban J connectivity index is 1.40. The van der Waals surface area contributed by atoms with Crippen LogP contribution in [0, 0.1) is 6.92 Å². The van der Waals surface area contributed by atoms with Crippen molar-refractivity contribution in [3.05, 3.63) is 58.5 Å². The number of hydrogen-bond acceptors (Lipinski definition) is 5. The third kappa shape index (κ3) is 3.95. The molecule has 0 bridgehead atoms. The average molecular weight is 411 g/mol. The van der Waals surface area contributed by atoms with Crippen molar-refractivity contribution in [2.24, 2.45) is 0 Å². The summed E-state index contributed by atoms with van der Waals surface area (Å²) in [5.41, 5.74) is 2.28. The number of amides is 1. The number of carbonyl (C=O) groups is 1. The van der Waals surface area contributed by atoms with Gasteiger partial charge in [-0.15, -0.1) is 11.3 Å². The Morgan fingerprint density at radius 1 is 1.00 bits per heavy atom. The van der Waals surface area contributed by atoms with Gasteiger partial charge in [-0.05, 0) is 41.6 Å². The van der Waals surface area contributed by atoms with Crippen LogP contribution < -0.4 is 9.47 Å². The molecule has 3 aromatic rings. The summed E-state index contributed by atoms with van der Waals surface area (Å²) in [6, 6.07) is 14.3. The summed E-state index contributed by atoms with van der Waals surface area (Å²) in [6.45, 7) is 6.12. The highest BCUT2D eigenvalue weighted by Crippen LogP contribution is 2.32. The van der Waals surface area contributed by atoms with Crippen molar-refractivity contribution >= 4 is 27.3 Å². The number of carbonyl (C=O) groups excluding carboxylic acids is 1. The molecule has 1 saturated heterocycles. The van der Waals surface area contributed by atoms with E-state index in [0.717, 1.165) is 54.7 Å². The van der Waals surface area contributed by atoms with Gasteiger partial charge in [0.1, 0.15) is 0 Å². The van der Waals surface area contributed by atoms with E-state index in [1.165, 1.54) is 15.6 Å². The Bertz CT molecular complexity index is 1020. The molecule has 0 radical (unpaired) electrons. The van der Waals surface area contributed by atoms with Crippen LogP contribution >= 0.6 is 11.3 Å². The highest BCUT2D eigenvalue weighted by Gasteiger charge is 2.25. The van der Waals surface area contributed by atoms with E-state index in [4.69, 9.17) is 9.47 Å². The first kappa shape index (κ1) is 19.7. The zero-order chi connectivity index (χ0) is 20.4. The number of aryl methyl sites for hydroxylation is 1. The Labute approximate surface area is 175 Å². The van der Waals surface area contributed by atoms with E-state index in [1.54, 1.807) is 25.6 Å². The van der Waals surface area contributed by atoms with Gasteiger partial charge in [-0.25, -0.2) is 0 Å². The van der Waals surface area contributed by atoms with Gasteiger partial charge in [0.15, 0.2) is 11.5 Å². The minimum atomic E-state index is 0.162. The topological polar surface area (TPSA) is 42.0 Å². The molecule has 2 aromatic carbocycles. The second kappa shape index (κ2) is 8.43. The van der Waals surface area contributed by atoms with Crippen LogP contribution in [0.5, 0.6) is 11.5 Å². The van der Waals surface area contributed by atoms with Crippen LogP contribution in [0.25, 0.3) is 10.1 Å². The number of hydrogen-bond donors (Lipinski definition) is 0.